The summed E-state index contributed by atoms with van der Waals surface area (Å²) in [6.45, 7) is 0.857. The fourth-order valence-electron chi connectivity index (χ4n) is 1.94. The standard InChI is InChI=1S/C14H17BrN2O3/c1-20-8-7-16-12(18)14(5-6-14)13(19)17-11-4-2-3-10(15)9-11/h2-4,9H,5-8H2,1H3,(H,16,18)(H,17,19). The average molecular weight is 341 g/mol. The Hall–Kier alpha value is -1.40. The monoisotopic (exact) mass is 340 g/mol. The number of methoxy groups -OCH3 is 1. The van der Waals surface area contributed by atoms with Gasteiger partial charge in [-0.05, 0) is 31.0 Å². The predicted octanol–water partition coefficient (Wildman–Crippen LogP) is 1.93. The molecule has 1 aliphatic carbocycles. The second-order valence-corrected chi connectivity index (χ2v) is 5.71. The van der Waals surface area contributed by atoms with Crippen LogP contribution in [0.15, 0.2) is 28.7 Å². The zero-order valence-corrected chi connectivity index (χ0v) is 12.8. The van der Waals surface area contributed by atoms with E-state index in [4.69, 9.17) is 4.74 Å². The molecule has 0 heterocycles. The van der Waals surface area contributed by atoms with E-state index in [1.54, 1.807) is 19.2 Å². The molecular weight excluding hydrogens is 324 g/mol. The predicted molar refractivity (Wildman–Crippen MR) is 79.3 cm³/mol. The number of rotatable bonds is 6. The molecule has 0 aliphatic heterocycles. The lowest BCUT2D eigenvalue weighted by Gasteiger charge is -2.15. The van der Waals surface area contributed by atoms with E-state index in [1.165, 1.54) is 0 Å². The van der Waals surface area contributed by atoms with E-state index in [0.29, 0.717) is 31.7 Å². The van der Waals surface area contributed by atoms with Gasteiger partial charge in [-0.2, -0.15) is 0 Å². The van der Waals surface area contributed by atoms with E-state index in [0.717, 1.165) is 4.47 Å². The zero-order valence-electron chi connectivity index (χ0n) is 11.2. The molecule has 2 amide bonds. The Bertz CT molecular complexity index is 515. The number of ether oxygens (including phenoxy) is 1. The molecule has 0 spiro atoms. The van der Waals surface area contributed by atoms with Gasteiger partial charge in [0.1, 0.15) is 5.41 Å². The molecule has 1 aromatic rings. The second kappa shape index (κ2) is 6.37. The summed E-state index contributed by atoms with van der Waals surface area (Å²) in [5, 5.41) is 5.53. The summed E-state index contributed by atoms with van der Waals surface area (Å²) in [6.07, 6.45) is 1.18. The molecule has 1 fully saturated rings. The first kappa shape index (κ1) is 15.0. The summed E-state index contributed by atoms with van der Waals surface area (Å²) in [5.41, 5.74) is -0.226. The van der Waals surface area contributed by atoms with Gasteiger partial charge < -0.3 is 15.4 Å². The van der Waals surface area contributed by atoms with Gasteiger partial charge in [0.15, 0.2) is 0 Å². The van der Waals surface area contributed by atoms with Crippen LogP contribution in [0, 0.1) is 5.41 Å². The maximum atomic E-state index is 12.3. The highest BCUT2D eigenvalue weighted by Gasteiger charge is 2.56. The molecule has 0 radical (unpaired) electrons. The molecule has 20 heavy (non-hydrogen) atoms. The highest BCUT2D eigenvalue weighted by Crippen LogP contribution is 2.46. The van der Waals surface area contributed by atoms with Crippen LogP contribution in [0.1, 0.15) is 12.8 Å². The Morgan fingerprint density at radius 2 is 2.10 bits per heavy atom. The van der Waals surface area contributed by atoms with Gasteiger partial charge in [0.25, 0.3) is 0 Å². The van der Waals surface area contributed by atoms with Crippen molar-refractivity contribution in [2.24, 2.45) is 5.41 Å². The topological polar surface area (TPSA) is 67.4 Å². The van der Waals surface area contributed by atoms with Crippen molar-refractivity contribution in [2.45, 2.75) is 12.8 Å². The molecule has 1 aromatic carbocycles. The zero-order chi connectivity index (χ0) is 14.6. The molecule has 0 bridgehead atoms. The number of anilines is 1. The Morgan fingerprint density at radius 1 is 1.35 bits per heavy atom. The van der Waals surface area contributed by atoms with Gasteiger partial charge >= 0.3 is 0 Å². The molecule has 5 nitrogen and oxygen atoms in total. The van der Waals surface area contributed by atoms with Crippen LogP contribution in [-0.4, -0.2) is 32.1 Å². The first-order valence-electron chi connectivity index (χ1n) is 6.43. The van der Waals surface area contributed by atoms with Gasteiger partial charge in [0.2, 0.25) is 11.8 Å². The highest BCUT2D eigenvalue weighted by molar-refractivity contribution is 9.10. The van der Waals surface area contributed by atoms with Crippen LogP contribution in [0.25, 0.3) is 0 Å². The average Bonchev–Trinajstić information content (AvgIpc) is 3.20. The van der Waals surface area contributed by atoms with Crippen LogP contribution in [0.3, 0.4) is 0 Å². The van der Waals surface area contributed by atoms with Crippen LogP contribution in [0.5, 0.6) is 0 Å². The number of hydrogen-bond donors (Lipinski definition) is 2. The third kappa shape index (κ3) is 3.37. The van der Waals surface area contributed by atoms with Crippen molar-refractivity contribution in [2.75, 3.05) is 25.6 Å². The summed E-state index contributed by atoms with van der Waals surface area (Å²) < 4.78 is 5.75. The summed E-state index contributed by atoms with van der Waals surface area (Å²) >= 11 is 3.34. The number of amides is 2. The first-order valence-corrected chi connectivity index (χ1v) is 7.22. The number of benzene rings is 1. The molecule has 0 unspecified atom stereocenters. The normalized spacial score (nSPS) is 15.5. The van der Waals surface area contributed by atoms with Crippen molar-refractivity contribution in [3.05, 3.63) is 28.7 Å². The smallest absolute Gasteiger partial charge is 0.240 e. The van der Waals surface area contributed by atoms with Crippen LogP contribution in [0.2, 0.25) is 0 Å². The van der Waals surface area contributed by atoms with E-state index in [2.05, 4.69) is 26.6 Å². The molecule has 108 valence electrons. The van der Waals surface area contributed by atoms with Crippen LogP contribution in [0.4, 0.5) is 5.69 Å². The summed E-state index contributed by atoms with van der Waals surface area (Å²) in [7, 11) is 1.57. The summed E-state index contributed by atoms with van der Waals surface area (Å²) in [5.74, 6) is -0.465. The number of halogens is 1. The van der Waals surface area contributed by atoms with E-state index < -0.39 is 5.41 Å². The number of hydrogen-bond acceptors (Lipinski definition) is 3. The van der Waals surface area contributed by atoms with E-state index >= 15 is 0 Å². The largest absolute Gasteiger partial charge is 0.383 e. The Balaban J connectivity index is 1.96. The van der Waals surface area contributed by atoms with Gasteiger partial charge in [0.05, 0.1) is 6.61 Å². The minimum Gasteiger partial charge on any atom is -0.383 e. The van der Waals surface area contributed by atoms with Crippen LogP contribution in [-0.2, 0) is 14.3 Å². The Kier molecular flexibility index (Phi) is 4.77. The summed E-state index contributed by atoms with van der Waals surface area (Å²) in [6, 6.07) is 7.30. The quantitative estimate of drug-likeness (QED) is 0.614. The number of carbonyl (C=O) groups excluding carboxylic acids is 2. The van der Waals surface area contributed by atoms with E-state index in [9.17, 15) is 9.59 Å². The number of nitrogens with one attached hydrogen (secondary N) is 2. The van der Waals surface area contributed by atoms with Crippen molar-refractivity contribution in [3.63, 3.8) is 0 Å². The van der Waals surface area contributed by atoms with Crippen molar-refractivity contribution >= 4 is 33.4 Å². The second-order valence-electron chi connectivity index (χ2n) is 4.80. The van der Waals surface area contributed by atoms with Crippen LogP contribution >= 0.6 is 15.9 Å². The molecule has 1 saturated carbocycles. The lowest BCUT2D eigenvalue weighted by Crippen LogP contribution is -2.41. The molecule has 0 atom stereocenters. The van der Waals surface area contributed by atoms with Crippen molar-refractivity contribution in [3.8, 4) is 0 Å². The third-order valence-electron chi connectivity index (χ3n) is 3.29. The molecular formula is C14H17BrN2O3. The third-order valence-corrected chi connectivity index (χ3v) is 3.79. The highest BCUT2D eigenvalue weighted by atomic mass is 79.9. The van der Waals surface area contributed by atoms with Gasteiger partial charge in [0, 0.05) is 23.8 Å². The van der Waals surface area contributed by atoms with Crippen molar-refractivity contribution < 1.29 is 14.3 Å². The van der Waals surface area contributed by atoms with Crippen molar-refractivity contribution in [1.29, 1.82) is 0 Å². The lowest BCUT2D eigenvalue weighted by atomic mass is 10.1. The molecule has 0 saturated heterocycles. The van der Waals surface area contributed by atoms with Crippen molar-refractivity contribution in [1.82, 2.24) is 5.32 Å². The Morgan fingerprint density at radius 3 is 2.70 bits per heavy atom. The molecule has 2 rings (SSSR count). The molecule has 6 heteroatoms. The minimum atomic E-state index is -0.907. The van der Waals surface area contributed by atoms with Gasteiger partial charge in [-0.3, -0.25) is 9.59 Å². The fraction of sp³-hybridized carbons (Fsp3) is 0.429. The number of carbonyl (C=O) groups is 2. The summed E-state index contributed by atoms with van der Waals surface area (Å²) in [4.78, 5) is 24.3. The van der Waals surface area contributed by atoms with Gasteiger partial charge in [-0.15, -0.1) is 0 Å². The minimum absolute atomic E-state index is 0.220. The van der Waals surface area contributed by atoms with Gasteiger partial charge in [-0.25, -0.2) is 0 Å². The maximum Gasteiger partial charge on any atom is 0.240 e. The molecule has 1 aliphatic rings. The first-order chi connectivity index (χ1) is 9.58. The maximum absolute atomic E-state index is 12.3. The molecule has 2 N–H and O–H groups in total. The Labute approximate surface area is 126 Å². The lowest BCUT2D eigenvalue weighted by molar-refractivity contribution is -0.134. The fourth-order valence-corrected chi connectivity index (χ4v) is 2.33. The van der Waals surface area contributed by atoms with E-state index in [-0.39, 0.29) is 11.8 Å². The molecule has 0 aromatic heterocycles. The SMILES string of the molecule is COCCNC(=O)C1(C(=O)Nc2cccc(Br)c2)CC1. The van der Waals surface area contributed by atoms with Crippen LogP contribution < -0.4 is 10.6 Å². The van der Waals surface area contributed by atoms with E-state index in [1.807, 2.05) is 12.1 Å². The van der Waals surface area contributed by atoms with Gasteiger partial charge in [-0.1, -0.05) is 22.0 Å².